The van der Waals surface area contributed by atoms with Crippen molar-refractivity contribution in [2.24, 2.45) is 5.92 Å². The number of carbonyl (C=O) groups excluding carboxylic acids is 1. The third-order valence-corrected chi connectivity index (χ3v) is 3.82. The van der Waals surface area contributed by atoms with Gasteiger partial charge in [-0.15, -0.1) is 0 Å². The summed E-state index contributed by atoms with van der Waals surface area (Å²) in [6, 6.07) is 1.74. The molecule has 5 nitrogen and oxygen atoms in total. The number of rotatable bonds is 5. The third kappa shape index (κ3) is 3.84. The smallest absolute Gasteiger partial charge is 0.254 e. The monoisotopic (exact) mass is 281 g/mol. The zero-order valence-electron chi connectivity index (χ0n) is 12.1. The quantitative estimate of drug-likeness (QED) is 0.863. The predicted octanol–water partition coefficient (Wildman–Crippen LogP) is 1.80. The highest BCUT2D eigenvalue weighted by atomic mass is 16.5. The van der Waals surface area contributed by atoms with Crippen LogP contribution in [0.25, 0.3) is 0 Å². The first-order chi connectivity index (χ1) is 9.58. The number of aliphatic hydroxyl groups is 1. The molecule has 1 aromatic rings. The van der Waals surface area contributed by atoms with E-state index in [1.54, 1.807) is 13.0 Å². The maximum absolute atomic E-state index is 12.0. The lowest BCUT2D eigenvalue weighted by atomic mass is 9.92. The Bertz CT molecular complexity index is 449. The first kappa shape index (κ1) is 15.1. The summed E-state index contributed by atoms with van der Waals surface area (Å²) in [6.45, 7) is 5.52. The standard InChI is InChI=1S/C15H23NO4/c1-10-9-13(11(2)20-10)15(18)16-6-3-14(17)12-4-7-19-8-5-12/h9,12,14,17H,3-8H2,1-2H3,(H,16,18). The molecule has 5 heteroatoms. The number of nitrogens with one attached hydrogen (secondary N) is 1. The lowest BCUT2D eigenvalue weighted by Crippen LogP contribution is -2.32. The second-order valence-corrected chi connectivity index (χ2v) is 5.39. The van der Waals surface area contributed by atoms with Crippen molar-refractivity contribution in [1.29, 1.82) is 0 Å². The molecule has 0 saturated carbocycles. The van der Waals surface area contributed by atoms with Crippen molar-refractivity contribution in [2.75, 3.05) is 19.8 Å². The molecule has 1 aliphatic rings. The predicted molar refractivity (Wildman–Crippen MR) is 74.7 cm³/mol. The van der Waals surface area contributed by atoms with Crippen molar-refractivity contribution in [3.63, 3.8) is 0 Å². The summed E-state index contributed by atoms with van der Waals surface area (Å²) in [5.74, 6) is 1.51. The van der Waals surface area contributed by atoms with Crippen molar-refractivity contribution in [2.45, 2.75) is 39.2 Å². The van der Waals surface area contributed by atoms with Crippen LogP contribution in [0.1, 0.15) is 41.1 Å². The fourth-order valence-electron chi connectivity index (χ4n) is 2.62. The zero-order chi connectivity index (χ0) is 14.5. The average Bonchev–Trinajstić information content (AvgIpc) is 2.78. The Morgan fingerprint density at radius 2 is 2.15 bits per heavy atom. The van der Waals surface area contributed by atoms with Crippen LogP contribution in [0.4, 0.5) is 0 Å². The molecule has 2 rings (SSSR count). The van der Waals surface area contributed by atoms with Crippen molar-refractivity contribution < 1.29 is 19.1 Å². The Kier molecular flexibility index (Phi) is 5.20. The molecule has 2 N–H and O–H groups in total. The lowest BCUT2D eigenvalue weighted by Gasteiger charge is -2.26. The Balaban J connectivity index is 1.75. The molecule has 0 aliphatic carbocycles. The molecule has 1 fully saturated rings. The van der Waals surface area contributed by atoms with Gasteiger partial charge < -0.3 is 19.6 Å². The summed E-state index contributed by atoms with van der Waals surface area (Å²) in [6.07, 6.45) is 2.00. The van der Waals surface area contributed by atoms with Gasteiger partial charge in [-0.3, -0.25) is 4.79 Å². The highest BCUT2D eigenvalue weighted by Gasteiger charge is 2.22. The second kappa shape index (κ2) is 6.90. The first-order valence-electron chi connectivity index (χ1n) is 7.19. The summed E-state index contributed by atoms with van der Waals surface area (Å²) in [5.41, 5.74) is 0.572. The van der Waals surface area contributed by atoms with Gasteiger partial charge in [0.2, 0.25) is 0 Å². The molecule has 0 bridgehead atoms. The van der Waals surface area contributed by atoms with Gasteiger partial charge in [0.1, 0.15) is 11.5 Å². The van der Waals surface area contributed by atoms with E-state index in [1.807, 2.05) is 6.92 Å². The molecule has 1 aliphatic heterocycles. The van der Waals surface area contributed by atoms with E-state index in [2.05, 4.69) is 5.32 Å². The molecule has 0 radical (unpaired) electrons. The molecular weight excluding hydrogens is 258 g/mol. The normalized spacial score (nSPS) is 17.9. The van der Waals surface area contributed by atoms with Crippen molar-refractivity contribution in [3.05, 3.63) is 23.2 Å². The van der Waals surface area contributed by atoms with Crippen LogP contribution in [0.15, 0.2) is 10.5 Å². The van der Waals surface area contributed by atoms with Crippen LogP contribution in [-0.2, 0) is 4.74 Å². The van der Waals surface area contributed by atoms with E-state index in [0.717, 1.165) is 31.8 Å². The maximum atomic E-state index is 12.0. The van der Waals surface area contributed by atoms with E-state index in [4.69, 9.17) is 9.15 Å². The minimum atomic E-state index is -0.369. The maximum Gasteiger partial charge on any atom is 0.254 e. The highest BCUT2D eigenvalue weighted by Crippen LogP contribution is 2.20. The minimum absolute atomic E-state index is 0.140. The molecule has 1 atom stereocenters. The number of carbonyl (C=O) groups is 1. The molecule has 1 aromatic heterocycles. The number of aliphatic hydroxyl groups excluding tert-OH is 1. The van der Waals surface area contributed by atoms with E-state index in [9.17, 15) is 9.90 Å². The average molecular weight is 281 g/mol. The minimum Gasteiger partial charge on any atom is -0.466 e. The molecule has 1 unspecified atom stereocenters. The van der Waals surface area contributed by atoms with Gasteiger partial charge in [0.05, 0.1) is 11.7 Å². The van der Waals surface area contributed by atoms with Crippen LogP contribution in [0.5, 0.6) is 0 Å². The van der Waals surface area contributed by atoms with E-state index in [-0.39, 0.29) is 12.0 Å². The molecule has 1 amide bonds. The Morgan fingerprint density at radius 1 is 1.45 bits per heavy atom. The second-order valence-electron chi connectivity index (χ2n) is 5.39. The number of amides is 1. The number of furan rings is 1. The Labute approximate surface area is 119 Å². The number of hydrogen-bond donors (Lipinski definition) is 2. The van der Waals surface area contributed by atoms with Gasteiger partial charge in [0.15, 0.2) is 0 Å². The van der Waals surface area contributed by atoms with E-state index >= 15 is 0 Å². The molecular formula is C15H23NO4. The van der Waals surface area contributed by atoms with Crippen molar-refractivity contribution >= 4 is 5.91 Å². The number of aryl methyl sites for hydroxylation is 2. The molecule has 112 valence electrons. The summed E-state index contributed by atoms with van der Waals surface area (Å²) in [4.78, 5) is 12.0. The van der Waals surface area contributed by atoms with Gasteiger partial charge in [-0.1, -0.05) is 0 Å². The molecule has 1 saturated heterocycles. The first-order valence-corrected chi connectivity index (χ1v) is 7.19. The Morgan fingerprint density at radius 3 is 2.75 bits per heavy atom. The number of ether oxygens (including phenoxy) is 1. The number of hydrogen-bond acceptors (Lipinski definition) is 4. The van der Waals surface area contributed by atoms with Gasteiger partial charge >= 0.3 is 0 Å². The van der Waals surface area contributed by atoms with Gasteiger partial charge in [-0.25, -0.2) is 0 Å². The Hall–Kier alpha value is -1.33. The van der Waals surface area contributed by atoms with Crippen molar-refractivity contribution in [3.8, 4) is 0 Å². The van der Waals surface area contributed by atoms with Crippen LogP contribution in [0.3, 0.4) is 0 Å². The summed E-state index contributed by atoms with van der Waals surface area (Å²) < 4.78 is 10.6. The SMILES string of the molecule is Cc1cc(C(=O)NCCC(O)C2CCOCC2)c(C)o1. The zero-order valence-corrected chi connectivity index (χ0v) is 12.1. The van der Waals surface area contributed by atoms with Gasteiger partial charge in [0.25, 0.3) is 5.91 Å². The van der Waals surface area contributed by atoms with Crippen LogP contribution < -0.4 is 5.32 Å². The fraction of sp³-hybridized carbons (Fsp3) is 0.667. The van der Waals surface area contributed by atoms with Gasteiger partial charge in [-0.2, -0.15) is 0 Å². The molecule has 20 heavy (non-hydrogen) atoms. The van der Waals surface area contributed by atoms with E-state index in [1.165, 1.54) is 0 Å². The topological polar surface area (TPSA) is 71.7 Å². The van der Waals surface area contributed by atoms with Crippen LogP contribution >= 0.6 is 0 Å². The largest absolute Gasteiger partial charge is 0.466 e. The van der Waals surface area contributed by atoms with Crippen LogP contribution in [0, 0.1) is 19.8 Å². The summed E-state index contributed by atoms with van der Waals surface area (Å²) in [7, 11) is 0. The van der Waals surface area contributed by atoms with Crippen LogP contribution in [0.2, 0.25) is 0 Å². The molecule has 0 spiro atoms. The van der Waals surface area contributed by atoms with E-state index in [0.29, 0.717) is 30.2 Å². The summed E-state index contributed by atoms with van der Waals surface area (Å²) >= 11 is 0. The van der Waals surface area contributed by atoms with Crippen LogP contribution in [-0.4, -0.2) is 36.9 Å². The van der Waals surface area contributed by atoms with Gasteiger partial charge in [0, 0.05) is 19.8 Å². The summed E-state index contributed by atoms with van der Waals surface area (Å²) in [5, 5.41) is 12.9. The van der Waals surface area contributed by atoms with E-state index < -0.39 is 0 Å². The highest BCUT2D eigenvalue weighted by molar-refractivity contribution is 5.95. The third-order valence-electron chi connectivity index (χ3n) is 3.82. The van der Waals surface area contributed by atoms with Crippen molar-refractivity contribution in [1.82, 2.24) is 5.32 Å². The molecule has 0 aromatic carbocycles. The molecule has 2 heterocycles. The fourth-order valence-corrected chi connectivity index (χ4v) is 2.62. The van der Waals surface area contributed by atoms with Gasteiger partial charge in [-0.05, 0) is 45.1 Å². The lowest BCUT2D eigenvalue weighted by molar-refractivity contribution is 0.00528.